The molecule has 0 bridgehead atoms. The van der Waals surface area contributed by atoms with E-state index in [1.54, 1.807) is 0 Å². The van der Waals surface area contributed by atoms with Crippen LogP contribution in [0.25, 0.3) is 72.0 Å². The van der Waals surface area contributed by atoms with E-state index in [-0.39, 0.29) is 0 Å². The van der Waals surface area contributed by atoms with Crippen molar-refractivity contribution in [1.82, 2.24) is 0 Å². The third-order valence-corrected chi connectivity index (χ3v) is 18.0. The number of thiophene rings is 3. The van der Waals surface area contributed by atoms with Crippen molar-refractivity contribution in [3.05, 3.63) is 253 Å². The van der Waals surface area contributed by atoms with Crippen molar-refractivity contribution in [2.75, 3.05) is 9.80 Å². The van der Waals surface area contributed by atoms with Gasteiger partial charge in [-0.2, -0.15) is 0 Å². The molecule has 0 saturated heterocycles. The average molecular weight is 919 g/mol. The van der Waals surface area contributed by atoms with E-state index in [4.69, 9.17) is 0 Å². The Hall–Kier alpha value is -7.80. The third kappa shape index (κ3) is 5.32. The molecule has 13 aromatic rings. The molecule has 3 aromatic heterocycles. The molecular weight excluding hydrogens is 881 g/mol. The second-order valence-corrected chi connectivity index (χ2v) is 21.1. The average Bonchev–Trinajstić information content (AvgIpc) is 4.20. The number of rotatable bonds is 6. The van der Waals surface area contributed by atoms with Gasteiger partial charge >= 0.3 is 0 Å². The van der Waals surface area contributed by atoms with Gasteiger partial charge in [0.2, 0.25) is 0 Å². The fourth-order valence-corrected chi connectivity index (χ4v) is 15.3. The molecule has 0 aliphatic heterocycles. The maximum absolute atomic E-state index is 2.53. The summed E-state index contributed by atoms with van der Waals surface area (Å²) in [7, 11) is 0. The highest BCUT2D eigenvalue weighted by Crippen LogP contribution is 2.67. The Morgan fingerprint density at radius 1 is 0.294 bits per heavy atom. The van der Waals surface area contributed by atoms with Gasteiger partial charge in [0.15, 0.2) is 0 Å². The zero-order valence-electron chi connectivity index (χ0n) is 36.6. The van der Waals surface area contributed by atoms with E-state index in [9.17, 15) is 0 Å². The van der Waals surface area contributed by atoms with Crippen molar-refractivity contribution in [2.24, 2.45) is 0 Å². The lowest BCUT2D eigenvalue weighted by Gasteiger charge is -2.33. The van der Waals surface area contributed by atoms with Crippen LogP contribution in [-0.2, 0) is 5.41 Å². The summed E-state index contributed by atoms with van der Waals surface area (Å²) in [4.78, 5) is 6.30. The van der Waals surface area contributed by atoms with Crippen LogP contribution in [0.3, 0.4) is 0 Å². The van der Waals surface area contributed by atoms with Gasteiger partial charge in [0.1, 0.15) is 0 Å². The molecule has 2 aliphatic rings. The summed E-state index contributed by atoms with van der Waals surface area (Å²) < 4.78 is 6.53. The summed E-state index contributed by atoms with van der Waals surface area (Å²) in [6, 6.07) is 86.1. The Labute approximate surface area is 405 Å². The van der Waals surface area contributed by atoms with Crippen molar-refractivity contribution < 1.29 is 0 Å². The second kappa shape index (κ2) is 14.6. The van der Waals surface area contributed by atoms with Gasteiger partial charge in [-0.3, -0.25) is 0 Å². The molecule has 0 amide bonds. The van der Waals surface area contributed by atoms with Crippen molar-refractivity contribution in [3.63, 3.8) is 0 Å². The van der Waals surface area contributed by atoms with Crippen molar-refractivity contribution in [3.8, 4) is 21.6 Å². The highest BCUT2D eigenvalue weighted by molar-refractivity contribution is 7.26. The number of para-hydroxylation sites is 2. The fourth-order valence-electron chi connectivity index (χ4n) is 11.7. The van der Waals surface area contributed by atoms with E-state index < -0.39 is 5.41 Å². The minimum absolute atomic E-state index is 0.553. The minimum atomic E-state index is -0.553. The molecule has 0 N–H and O–H groups in total. The van der Waals surface area contributed by atoms with Crippen LogP contribution < -0.4 is 9.80 Å². The van der Waals surface area contributed by atoms with Crippen LogP contribution in [0.1, 0.15) is 22.3 Å². The normalized spacial score (nSPS) is 14.5. The molecule has 2 nitrogen and oxygen atoms in total. The summed E-state index contributed by atoms with van der Waals surface area (Å²) in [6.07, 6.45) is 0. The summed E-state index contributed by atoms with van der Waals surface area (Å²) >= 11 is 5.68. The molecule has 1 unspecified atom stereocenters. The molecule has 1 spiro atoms. The topological polar surface area (TPSA) is 6.48 Å². The largest absolute Gasteiger partial charge is 0.310 e. The van der Waals surface area contributed by atoms with Crippen LogP contribution in [-0.4, -0.2) is 0 Å². The van der Waals surface area contributed by atoms with E-state index in [2.05, 4.69) is 240 Å². The number of fused-ring (bicyclic) bond motifs is 18. The lowest BCUT2D eigenvalue weighted by atomic mass is 9.70. The summed E-state index contributed by atoms with van der Waals surface area (Å²) in [5.74, 6) is 0. The highest BCUT2D eigenvalue weighted by atomic mass is 32.1. The number of nitrogens with zero attached hydrogens (tertiary/aromatic N) is 2. The summed E-state index contributed by atoms with van der Waals surface area (Å²) in [6.45, 7) is 0. The molecule has 1 atom stereocenters. The Morgan fingerprint density at radius 2 is 0.853 bits per heavy atom. The molecule has 5 heteroatoms. The first-order valence-corrected chi connectivity index (χ1v) is 25.6. The Morgan fingerprint density at radius 3 is 1.65 bits per heavy atom. The molecule has 0 radical (unpaired) electrons. The van der Waals surface area contributed by atoms with Gasteiger partial charge in [0, 0.05) is 73.7 Å². The van der Waals surface area contributed by atoms with Gasteiger partial charge in [0.05, 0.1) is 15.8 Å². The van der Waals surface area contributed by atoms with Gasteiger partial charge in [-0.1, -0.05) is 140 Å². The van der Waals surface area contributed by atoms with E-state index in [1.165, 1.54) is 99.9 Å². The maximum Gasteiger partial charge on any atom is 0.0740 e. The predicted molar refractivity (Wildman–Crippen MR) is 293 cm³/mol. The quantitative estimate of drug-likeness (QED) is 0.164. The lowest BCUT2D eigenvalue weighted by molar-refractivity contribution is 0.802. The second-order valence-electron chi connectivity index (χ2n) is 17.9. The number of hydrogen-bond acceptors (Lipinski definition) is 5. The van der Waals surface area contributed by atoms with Gasteiger partial charge in [-0.05, 0) is 135 Å². The first-order chi connectivity index (χ1) is 33.7. The number of benzene rings is 10. The van der Waals surface area contributed by atoms with Crippen LogP contribution >= 0.6 is 34.0 Å². The zero-order chi connectivity index (χ0) is 44.5. The maximum atomic E-state index is 2.53. The Balaban J connectivity index is 0.983. The van der Waals surface area contributed by atoms with E-state index in [0.29, 0.717) is 0 Å². The number of anilines is 6. The van der Waals surface area contributed by atoms with Crippen molar-refractivity contribution in [1.29, 1.82) is 0 Å². The molecule has 2 aliphatic carbocycles. The summed E-state index contributed by atoms with van der Waals surface area (Å²) in [5.41, 5.74) is 15.6. The van der Waals surface area contributed by atoms with E-state index in [0.717, 1.165) is 28.4 Å². The van der Waals surface area contributed by atoms with E-state index in [1.807, 2.05) is 34.0 Å². The monoisotopic (exact) mass is 918 g/mol. The minimum Gasteiger partial charge on any atom is -0.310 e. The Kier molecular flexibility index (Phi) is 8.23. The predicted octanol–water partition coefficient (Wildman–Crippen LogP) is 18.9. The molecule has 0 saturated carbocycles. The van der Waals surface area contributed by atoms with Crippen LogP contribution in [0.15, 0.2) is 231 Å². The molecule has 0 fully saturated rings. The van der Waals surface area contributed by atoms with Crippen LogP contribution in [0, 0.1) is 0 Å². The van der Waals surface area contributed by atoms with E-state index >= 15 is 0 Å². The highest BCUT2D eigenvalue weighted by Gasteiger charge is 2.54. The molecule has 15 rings (SSSR count). The van der Waals surface area contributed by atoms with Gasteiger partial charge in [0.25, 0.3) is 0 Å². The van der Waals surface area contributed by atoms with Crippen LogP contribution in [0.2, 0.25) is 0 Å². The zero-order valence-corrected chi connectivity index (χ0v) is 39.0. The lowest BCUT2D eigenvalue weighted by Crippen LogP contribution is -2.26. The van der Waals surface area contributed by atoms with Crippen LogP contribution in [0.5, 0.6) is 0 Å². The van der Waals surface area contributed by atoms with Gasteiger partial charge in [-0.15, -0.1) is 34.0 Å². The standard InChI is InChI=1S/C63H38N2S3/c1-3-16-39(17-4-1)64(42-32-35-59-51(37-42)46-22-9-12-27-56(46)66-59)41-31-34-53-50(36-41)44-20-7-11-25-52(44)63(53)54-38-43(30-33-48(54)62-60(63)49-23-10-14-29-58(49)68-62)65(40-18-5-2-6-19-40)55-26-15-24-47-45-21-8-13-28-57(45)67-61(47)55/h1-38H. The third-order valence-electron chi connectivity index (χ3n) is 14.4. The SMILES string of the molecule is c1ccc(N(c2ccc3c(c2)-c2ccccc2C32c3cc(N(c4ccccc4)c4cccc5c4sc4ccccc45)ccc3-c3sc4ccccc4c32)c2ccc3sc4ccccc4c3c2)cc1. The molecular formula is C63H38N2S3. The number of hydrogen-bond donors (Lipinski definition) is 0. The van der Waals surface area contributed by atoms with Gasteiger partial charge < -0.3 is 9.80 Å². The van der Waals surface area contributed by atoms with Crippen molar-refractivity contribution in [2.45, 2.75) is 5.41 Å². The Bertz CT molecular complexity index is 4180. The smallest absolute Gasteiger partial charge is 0.0740 e. The summed E-state index contributed by atoms with van der Waals surface area (Å²) in [5, 5.41) is 6.51. The first-order valence-electron chi connectivity index (χ1n) is 23.2. The van der Waals surface area contributed by atoms with Gasteiger partial charge in [-0.25, -0.2) is 0 Å². The fraction of sp³-hybridized carbons (Fsp3) is 0.0159. The molecule has 318 valence electrons. The molecule has 3 heterocycles. The molecule has 68 heavy (non-hydrogen) atoms. The van der Waals surface area contributed by atoms with Crippen molar-refractivity contribution >= 4 is 119 Å². The van der Waals surface area contributed by atoms with Crippen LogP contribution in [0.4, 0.5) is 34.1 Å². The molecule has 10 aromatic carbocycles. The first kappa shape index (κ1) is 38.3.